The van der Waals surface area contributed by atoms with Gasteiger partial charge >= 0.3 is 0 Å². The van der Waals surface area contributed by atoms with Crippen LogP contribution in [0.4, 0.5) is 0 Å². The first kappa shape index (κ1) is 42.0. The molecule has 0 aliphatic rings. The van der Waals surface area contributed by atoms with E-state index < -0.39 is 29.9 Å². The molecule has 13 nitrogen and oxygen atoms in total. The minimum absolute atomic E-state index is 0. The predicted octanol–water partition coefficient (Wildman–Crippen LogP) is 3.42. The van der Waals surface area contributed by atoms with E-state index in [2.05, 4.69) is 55.0 Å². The summed E-state index contributed by atoms with van der Waals surface area (Å²) in [5.74, 6) is -0.796. The lowest BCUT2D eigenvalue weighted by atomic mass is 10.0. The number of imidazole rings is 1. The number of aliphatic imine (C=N–C) groups is 1. The van der Waals surface area contributed by atoms with Gasteiger partial charge in [-0.1, -0.05) is 79.7 Å². The lowest BCUT2D eigenvalue weighted by molar-refractivity contribution is -0.132. The molecule has 5 aromatic rings. The Hall–Kier alpha value is -5.37. The van der Waals surface area contributed by atoms with E-state index in [1.54, 1.807) is 6.20 Å². The van der Waals surface area contributed by atoms with Crippen LogP contribution in [0.2, 0.25) is 0 Å². The number of fused-ring (bicyclic) bond motifs is 1. The molecule has 3 amide bonds. The fraction of sp³-hybridized carbons (Fsp3) is 0.289. The number of benzene rings is 3. The number of hydrogen-bond donors (Lipinski definition) is 8. The third-order valence-corrected chi connectivity index (χ3v) is 8.66. The van der Waals surface area contributed by atoms with E-state index in [0.717, 1.165) is 34.0 Å². The Kier molecular flexibility index (Phi) is 16.4. The van der Waals surface area contributed by atoms with Gasteiger partial charge in [-0.25, -0.2) is 4.98 Å². The van der Waals surface area contributed by atoms with Crippen LogP contribution in [0.25, 0.3) is 22.3 Å². The number of para-hydroxylation sites is 1. The van der Waals surface area contributed by atoms with Crippen molar-refractivity contribution in [3.63, 3.8) is 0 Å². The van der Waals surface area contributed by atoms with Gasteiger partial charge in [-0.3, -0.25) is 19.4 Å². The van der Waals surface area contributed by atoms with Crippen molar-refractivity contribution in [2.24, 2.45) is 22.2 Å². The van der Waals surface area contributed by atoms with Crippen LogP contribution in [-0.2, 0) is 40.2 Å². The first-order valence-electron chi connectivity index (χ1n) is 17.1. The summed E-state index contributed by atoms with van der Waals surface area (Å²) in [4.78, 5) is 56.0. The number of guanidine groups is 1. The Labute approximate surface area is 321 Å². The van der Waals surface area contributed by atoms with Crippen LogP contribution < -0.4 is 33.2 Å². The molecule has 15 heteroatoms. The number of hydrogen-bond acceptors (Lipinski definition) is 6. The predicted molar refractivity (Wildman–Crippen MR) is 214 cm³/mol. The Morgan fingerprint density at radius 1 is 0.830 bits per heavy atom. The normalized spacial score (nSPS) is 12.3. The van der Waals surface area contributed by atoms with E-state index >= 15 is 0 Å². The molecule has 5 rings (SSSR count). The number of halogens is 2. The molecule has 11 N–H and O–H groups in total. The van der Waals surface area contributed by atoms with Gasteiger partial charge in [0.05, 0.1) is 6.04 Å². The van der Waals surface area contributed by atoms with E-state index in [1.165, 1.54) is 5.56 Å². The molecule has 0 aliphatic carbocycles. The highest BCUT2D eigenvalue weighted by molar-refractivity contribution is 5.94. The number of amides is 3. The van der Waals surface area contributed by atoms with Gasteiger partial charge in [-0.05, 0) is 42.0 Å². The summed E-state index contributed by atoms with van der Waals surface area (Å²) in [5, 5.41) is 9.57. The van der Waals surface area contributed by atoms with Crippen molar-refractivity contribution in [1.29, 1.82) is 0 Å². The molecule has 0 aliphatic heterocycles. The van der Waals surface area contributed by atoms with Gasteiger partial charge in [-0.15, -0.1) is 24.8 Å². The number of nitrogens with two attached hydrogens (primary N) is 3. The smallest absolute Gasteiger partial charge is 0.243 e. The van der Waals surface area contributed by atoms with Gasteiger partial charge in [0.25, 0.3) is 0 Å². The summed E-state index contributed by atoms with van der Waals surface area (Å²) in [6, 6.07) is 22.3. The maximum Gasteiger partial charge on any atom is 0.243 e. The molecule has 282 valence electrons. The van der Waals surface area contributed by atoms with Crippen molar-refractivity contribution in [2.75, 3.05) is 6.54 Å². The molecule has 0 saturated carbocycles. The molecule has 0 unspecified atom stereocenters. The van der Waals surface area contributed by atoms with Crippen molar-refractivity contribution in [3.8, 4) is 11.4 Å². The fourth-order valence-corrected chi connectivity index (χ4v) is 5.80. The highest BCUT2D eigenvalue weighted by atomic mass is 35.5. The van der Waals surface area contributed by atoms with Crippen molar-refractivity contribution in [1.82, 2.24) is 30.9 Å². The number of nitrogens with zero attached hydrogens (tertiary/aromatic N) is 2. The number of carbonyl (C=O) groups excluding carboxylic acids is 3. The molecule has 0 radical (unpaired) electrons. The molecule has 0 saturated heterocycles. The molecule has 2 aromatic heterocycles. The summed E-state index contributed by atoms with van der Waals surface area (Å²) >= 11 is 0. The first-order chi connectivity index (χ1) is 24.7. The summed E-state index contributed by atoms with van der Waals surface area (Å²) in [6.07, 6.45) is 5.43. The SMILES string of the molecule is CCc1ccc(-c2ncc(C[C@H](N)C(=O)N[C@@H](Cc3c[nH]c4ccccc34)C(=O)N[C@@H](CCCN=C(N)N)C(=O)NCc3ccccc3)[nH]2)cc1.Cl.Cl. The van der Waals surface area contributed by atoms with Crippen LogP contribution in [0.1, 0.15) is 42.1 Å². The standard InChI is InChI=1S/C38H46N10O3.2ClH/c1-2-24-14-16-26(17-15-24)34-44-23-28(46-34)20-30(39)35(49)48-33(19-27-22-43-31-12-7-6-11-29(27)31)37(51)47-32(13-8-18-42-38(40)41)36(50)45-21-25-9-4-3-5-10-25;;/h3-7,9-12,14-17,22-23,30,32-33,43H,2,8,13,18-21,39H2,1H3,(H,44,46)(H,45,50)(H,47,51)(H,48,49)(H4,40,41,42);2*1H/t30-,32-,33-;;/m0../s1. The number of aromatic nitrogens is 3. The van der Waals surface area contributed by atoms with E-state index in [9.17, 15) is 14.4 Å². The quantitative estimate of drug-likeness (QED) is 0.0400. The highest BCUT2D eigenvalue weighted by Gasteiger charge is 2.29. The zero-order valence-corrected chi connectivity index (χ0v) is 31.1. The zero-order chi connectivity index (χ0) is 36.2. The van der Waals surface area contributed by atoms with Gasteiger partial charge in [0.15, 0.2) is 5.96 Å². The maximum absolute atomic E-state index is 14.0. The summed E-state index contributed by atoms with van der Waals surface area (Å²) in [5.41, 5.74) is 22.8. The van der Waals surface area contributed by atoms with Gasteiger partial charge in [0.1, 0.15) is 17.9 Å². The molecule has 0 fully saturated rings. The second-order valence-electron chi connectivity index (χ2n) is 12.5. The van der Waals surface area contributed by atoms with E-state index in [1.807, 2.05) is 72.9 Å². The second-order valence-corrected chi connectivity index (χ2v) is 12.5. The van der Waals surface area contributed by atoms with Gasteiger partial charge < -0.3 is 43.1 Å². The van der Waals surface area contributed by atoms with E-state index in [0.29, 0.717) is 17.9 Å². The van der Waals surface area contributed by atoms with E-state index in [-0.39, 0.29) is 69.0 Å². The Morgan fingerprint density at radius 3 is 2.25 bits per heavy atom. The van der Waals surface area contributed by atoms with Crippen LogP contribution >= 0.6 is 24.8 Å². The highest BCUT2D eigenvalue weighted by Crippen LogP contribution is 2.20. The second kappa shape index (κ2) is 20.6. The summed E-state index contributed by atoms with van der Waals surface area (Å²) < 4.78 is 0. The first-order valence-corrected chi connectivity index (χ1v) is 17.1. The van der Waals surface area contributed by atoms with Crippen LogP contribution in [0, 0.1) is 0 Å². The van der Waals surface area contributed by atoms with Crippen molar-refractivity contribution >= 4 is 59.4 Å². The maximum atomic E-state index is 14.0. The molecule has 2 heterocycles. The monoisotopic (exact) mass is 762 g/mol. The van der Waals surface area contributed by atoms with Crippen LogP contribution in [-0.4, -0.2) is 63.3 Å². The topological polar surface area (TPSA) is 222 Å². The Morgan fingerprint density at radius 2 is 1.53 bits per heavy atom. The molecule has 3 atom stereocenters. The summed E-state index contributed by atoms with van der Waals surface area (Å²) in [6.45, 7) is 2.66. The van der Waals surface area contributed by atoms with E-state index in [4.69, 9.17) is 17.2 Å². The van der Waals surface area contributed by atoms with Gasteiger partial charge in [0.2, 0.25) is 17.7 Å². The van der Waals surface area contributed by atoms with Crippen LogP contribution in [0.5, 0.6) is 0 Å². The van der Waals surface area contributed by atoms with Gasteiger partial charge in [-0.2, -0.15) is 0 Å². The molecule has 3 aromatic carbocycles. The third kappa shape index (κ3) is 12.1. The molecule has 53 heavy (non-hydrogen) atoms. The molecule has 0 spiro atoms. The zero-order valence-electron chi connectivity index (χ0n) is 29.5. The Bertz CT molecular complexity index is 1940. The summed E-state index contributed by atoms with van der Waals surface area (Å²) in [7, 11) is 0. The number of aryl methyl sites for hydroxylation is 1. The average Bonchev–Trinajstić information content (AvgIpc) is 3.79. The third-order valence-electron chi connectivity index (χ3n) is 8.66. The lowest BCUT2D eigenvalue weighted by Gasteiger charge is -2.24. The van der Waals surface area contributed by atoms with Crippen molar-refractivity contribution in [3.05, 3.63) is 114 Å². The van der Waals surface area contributed by atoms with Crippen LogP contribution in [0.3, 0.4) is 0 Å². The van der Waals surface area contributed by atoms with Crippen molar-refractivity contribution < 1.29 is 14.4 Å². The minimum atomic E-state index is -1.04. The number of carbonyl (C=O) groups is 3. The number of rotatable bonds is 17. The molecular weight excluding hydrogens is 715 g/mol. The number of H-pyrrole nitrogens is 2. The number of aromatic amines is 2. The Balaban J connectivity index is 0.00000378. The average molecular weight is 764 g/mol. The molecular formula is C38H48Cl2N10O3. The lowest BCUT2D eigenvalue weighted by Crippen LogP contribution is -2.56. The largest absolute Gasteiger partial charge is 0.370 e. The fourth-order valence-electron chi connectivity index (χ4n) is 5.80. The van der Waals surface area contributed by atoms with Gasteiger partial charge in [0, 0.05) is 60.5 Å². The van der Waals surface area contributed by atoms with Crippen LogP contribution in [0.15, 0.2) is 96.2 Å². The molecule has 0 bridgehead atoms. The number of nitrogens with one attached hydrogen (secondary N) is 5. The van der Waals surface area contributed by atoms with Crippen molar-refractivity contribution in [2.45, 2.75) is 63.7 Å². The minimum Gasteiger partial charge on any atom is -0.370 e.